The first kappa shape index (κ1) is 11.8. The SMILES string of the molecule is C1=Cc2ccccc2OC1.[Cu].[Fe]. The summed E-state index contributed by atoms with van der Waals surface area (Å²) in [5.74, 6) is 0.991. The van der Waals surface area contributed by atoms with Crippen LogP contribution < -0.4 is 4.74 Å². The summed E-state index contributed by atoms with van der Waals surface area (Å²) < 4.78 is 5.34. The van der Waals surface area contributed by atoms with Gasteiger partial charge in [-0.2, -0.15) is 0 Å². The minimum Gasteiger partial charge on any atom is -0.489 e. The zero-order valence-electron chi connectivity index (χ0n) is 6.23. The Kier molecular flexibility index (Phi) is 5.35. The minimum absolute atomic E-state index is 0. The van der Waals surface area contributed by atoms with Crippen LogP contribution in [-0.4, -0.2) is 6.61 Å². The number of para-hydroxylation sites is 1. The fraction of sp³-hybridized carbons (Fsp3) is 0.111. The van der Waals surface area contributed by atoms with Crippen LogP contribution in [-0.2, 0) is 34.1 Å². The van der Waals surface area contributed by atoms with Gasteiger partial charge in [0.25, 0.3) is 0 Å². The maximum Gasteiger partial charge on any atom is 0.126 e. The Hall–Kier alpha value is -0.201. The van der Waals surface area contributed by atoms with Gasteiger partial charge < -0.3 is 4.74 Å². The van der Waals surface area contributed by atoms with E-state index < -0.39 is 0 Å². The van der Waals surface area contributed by atoms with Crippen molar-refractivity contribution in [2.75, 3.05) is 6.61 Å². The fourth-order valence-corrected chi connectivity index (χ4v) is 1.06. The van der Waals surface area contributed by atoms with E-state index in [4.69, 9.17) is 4.74 Å². The summed E-state index contributed by atoms with van der Waals surface area (Å²) in [6, 6.07) is 8.03. The van der Waals surface area contributed by atoms with Gasteiger partial charge in [0.05, 0.1) is 0 Å². The van der Waals surface area contributed by atoms with E-state index in [1.807, 2.05) is 30.3 Å². The largest absolute Gasteiger partial charge is 0.489 e. The molecular formula is C9H8CuFeO. The second kappa shape index (κ2) is 5.45. The van der Waals surface area contributed by atoms with E-state index in [1.165, 1.54) is 5.56 Å². The molecule has 0 bridgehead atoms. The van der Waals surface area contributed by atoms with Crippen molar-refractivity contribution in [1.82, 2.24) is 0 Å². The Bertz CT molecular complexity index is 273. The van der Waals surface area contributed by atoms with Gasteiger partial charge in [-0.15, -0.1) is 0 Å². The standard InChI is InChI=1S/C9H8O.Cu.Fe/c1-2-6-9-8(4-1)5-3-7-10-9;;/h1-6H,7H2;;. The normalized spacial score (nSPS) is 11.7. The summed E-state index contributed by atoms with van der Waals surface area (Å²) in [6.45, 7) is 0.705. The van der Waals surface area contributed by atoms with E-state index in [0.29, 0.717) is 6.61 Å². The molecule has 0 saturated heterocycles. The summed E-state index contributed by atoms with van der Waals surface area (Å²) in [7, 11) is 0. The van der Waals surface area contributed by atoms with Crippen molar-refractivity contribution in [2.24, 2.45) is 0 Å². The monoisotopic (exact) mass is 251 g/mol. The summed E-state index contributed by atoms with van der Waals surface area (Å²) in [5, 5.41) is 0. The van der Waals surface area contributed by atoms with Gasteiger partial charge >= 0.3 is 0 Å². The third-order valence-corrected chi connectivity index (χ3v) is 1.55. The third-order valence-electron chi connectivity index (χ3n) is 1.55. The zero-order valence-corrected chi connectivity index (χ0v) is 8.28. The maximum absolute atomic E-state index is 5.34. The Labute approximate surface area is 93.1 Å². The summed E-state index contributed by atoms with van der Waals surface area (Å²) in [4.78, 5) is 0. The van der Waals surface area contributed by atoms with Gasteiger partial charge in [-0.1, -0.05) is 24.3 Å². The fourth-order valence-electron chi connectivity index (χ4n) is 1.06. The van der Waals surface area contributed by atoms with Crippen LogP contribution >= 0.6 is 0 Å². The smallest absolute Gasteiger partial charge is 0.126 e. The third kappa shape index (κ3) is 2.39. The summed E-state index contributed by atoms with van der Waals surface area (Å²) in [5.41, 5.74) is 1.17. The molecule has 69 valence electrons. The van der Waals surface area contributed by atoms with Gasteiger partial charge in [0.2, 0.25) is 0 Å². The van der Waals surface area contributed by atoms with Crippen LogP contribution in [0.5, 0.6) is 5.75 Å². The molecule has 2 rings (SSSR count). The van der Waals surface area contributed by atoms with Gasteiger partial charge in [-0.05, 0) is 12.1 Å². The van der Waals surface area contributed by atoms with Crippen LogP contribution in [0.2, 0.25) is 0 Å². The molecule has 1 aromatic rings. The molecule has 1 aliphatic heterocycles. The van der Waals surface area contributed by atoms with Crippen molar-refractivity contribution in [3.8, 4) is 5.75 Å². The molecule has 1 nitrogen and oxygen atoms in total. The first-order valence-corrected chi connectivity index (χ1v) is 3.35. The molecule has 12 heavy (non-hydrogen) atoms. The Morgan fingerprint density at radius 1 is 1.17 bits per heavy atom. The quantitative estimate of drug-likeness (QED) is 0.642. The molecule has 1 aliphatic rings. The van der Waals surface area contributed by atoms with E-state index in [9.17, 15) is 0 Å². The van der Waals surface area contributed by atoms with Gasteiger partial charge in [0.1, 0.15) is 12.4 Å². The molecule has 0 unspecified atom stereocenters. The van der Waals surface area contributed by atoms with E-state index in [1.54, 1.807) is 0 Å². The van der Waals surface area contributed by atoms with Crippen molar-refractivity contribution < 1.29 is 38.9 Å². The number of ether oxygens (including phenoxy) is 1. The van der Waals surface area contributed by atoms with E-state index in [0.717, 1.165) is 5.75 Å². The van der Waals surface area contributed by atoms with Crippen molar-refractivity contribution >= 4 is 6.08 Å². The van der Waals surface area contributed by atoms with Gasteiger partial charge in [0.15, 0.2) is 0 Å². The average Bonchev–Trinajstić information content (AvgIpc) is 2.05. The first-order valence-electron chi connectivity index (χ1n) is 3.35. The molecule has 3 heteroatoms. The van der Waals surface area contributed by atoms with E-state index in [2.05, 4.69) is 6.08 Å². The molecule has 0 fully saturated rings. The van der Waals surface area contributed by atoms with Crippen molar-refractivity contribution in [3.63, 3.8) is 0 Å². The van der Waals surface area contributed by atoms with Gasteiger partial charge in [-0.25, -0.2) is 0 Å². The van der Waals surface area contributed by atoms with Crippen LogP contribution in [0.25, 0.3) is 6.08 Å². The predicted octanol–water partition coefficient (Wildman–Crippen LogP) is 2.09. The van der Waals surface area contributed by atoms with Crippen LogP contribution in [0.3, 0.4) is 0 Å². The summed E-state index contributed by atoms with van der Waals surface area (Å²) in [6.07, 6.45) is 4.10. The van der Waals surface area contributed by atoms with Gasteiger partial charge in [-0.3, -0.25) is 0 Å². The predicted molar refractivity (Wildman–Crippen MR) is 41.0 cm³/mol. The number of fused-ring (bicyclic) bond motifs is 1. The molecule has 0 atom stereocenters. The molecule has 0 aliphatic carbocycles. The van der Waals surface area contributed by atoms with Crippen LogP contribution in [0.15, 0.2) is 30.3 Å². The topological polar surface area (TPSA) is 9.23 Å². The molecule has 0 amide bonds. The molecular weight excluding hydrogens is 243 g/mol. The molecule has 1 aromatic carbocycles. The molecule has 0 aromatic heterocycles. The second-order valence-electron chi connectivity index (χ2n) is 2.25. The number of hydrogen-bond donors (Lipinski definition) is 0. The van der Waals surface area contributed by atoms with Gasteiger partial charge in [0, 0.05) is 39.7 Å². The minimum atomic E-state index is 0. The summed E-state index contributed by atoms with van der Waals surface area (Å²) >= 11 is 0. The van der Waals surface area contributed by atoms with Crippen molar-refractivity contribution in [2.45, 2.75) is 0 Å². The van der Waals surface area contributed by atoms with Crippen LogP contribution in [0.1, 0.15) is 5.56 Å². The first-order chi connectivity index (χ1) is 4.97. The molecule has 1 heterocycles. The van der Waals surface area contributed by atoms with Crippen molar-refractivity contribution in [3.05, 3.63) is 35.9 Å². The average molecular weight is 252 g/mol. The molecule has 0 spiro atoms. The van der Waals surface area contributed by atoms with E-state index in [-0.39, 0.29) is 34.1 Å². The second-order valence-corrected chi connectivity index (χ2v) is 2.25. The maximum atomic E-state index is 5.34. The molecule has 0 saturated carbocycles. The van der Waals surface area contributed by atoms with Crippen molar-refractivity contribution in [1.29, 1.82) is 0 Å². The number of benzene rings is 1. The number of hydrogen-bond acceptors (Lipinski definition) is 1. The van der Waals surface area contributed by atoms with Crippen LogP contribution in [0.4, 0.5) is 0 Å². The Morgan fingerprint density at radius 2 is 1.92 bits per heavy atom. The Morgan fingerprint density at radius 3 is 2.67 bits per heavy atom. The van der Waals surface area contributed by atoms with Crippen LogP contribution in [0, 0.1) is 0 Å². The number of rotatable bonds is 0. The molecule has 0 N–H and O–H groups in total. The molecule has 1 radical (unpaired) electrons. The zero-order chi connectivity index (χ0) is 6.81. The Balaban J connectivity index is 0.000000605. The van der Waals surface area contributed by atoms with E-state index >= 15 is 0 Å².